The molecule has 2 aromatic heterocycles. The number of nitrogens with zero attached hydrogens (tertiary/aromatic N) is 2. The molecule has 0 saturated carbocycles. The van der Waals surface area contributed by atoms with Gasteiger partial charge in [0.1, 0.15) is 5.82 Å². The van der Waals surface area contributed by atoms with Crippen LogP contribution in [0, 0.1) is 0 Å². The number of anilines is 1. The van der Waals surface area contributed by atoms with Crippen molar-refractivity contribution in [1.82, 2.24) is 15.3 Å². The van der Waals surface area contributed by atoms with Crippen LogP contribution in [-0.4, -0.2) is 36.1 Å². The quantitative estimate of drug-likeness (QED) is 0.765. The van der Waals surface area contributed by atoms with Crippen molar-refractivity contribution in [3.63, 3.8) is 0 Å². The molecular weight excluding hydrogens is 280 g/mol. The van der Waals surface area contributed by atoms with E-state index in [9.17, 15) is 4.79 Å². The van der Waals surface area contributed by atoms with Crippen LogP contribution < -0.4 is 10.6 Å². The first-order valence-corrected chi connectivity index (χ1v) is 7.11. The van der Waals surface area contributed by atoms with Gasteiger partial charge in [0.2, 0.25) is 0 Å². The predicted octanol–water partition coefficient (Wildman–Crippen LogP) is 2.03. The zero-order chi connectivity index (χ0) is 15.8. The molecule has 0 radical (unpaired) electrons. The summed E-state index contributed by atoms with van der Waals surface area (Å²) in [4.78, 5) is 20.4. The number of carbonyl (C=O) groups is 1. The zero-order valence-electron chi connectivity index (χ0n) is 12.7. The number of aromatic nitrogens is 2. The van der Waals surface area contributed by atoms with Crippen molar-refractivity contribution in [2.24, 2.45) is 0 Å². The van der Waals surface area contributed by atoms with Gasteiger partial charge in [0, 0.05) is 26.0 Å². The molecule has 0 aliphatic heterocycles. The van der Waals surface area contributed by atoms with Gasteiger partial charge >= 0.3 is 0 Å². The van der Waals surface area contributed by atoms with Gasteiger partial charge in [-0.1, -0.05) is 6.07 Å². The van der Waals surface area contributed by atoms with E-state index in [1.165, 1.54) is 0 Å². The van der Waals surface area contributed by atoms with E-state index in [4.69, 9.17) is 4.74 Å². The smallest absolute Gasteiger partial charge is 0.252 e. The van der Waals surface area contributed by atoms with Crippen molar-refractivity contribution < 1.29 is 9.53 Å². The number of hydrogen-bond donors (Lipinski definition) is 2. The van der Waals surface area contributed by atoms with Crippen LogP contribution >= 0.6 is 0 Å². The summed E-state index contributed by atoms with van der Waals surface area (Å²) in [5.41, 5.74) is 1.46. The van der Waals surface area contributed by atoms with Crippen molar-refractivity contribution in [2.75, 3.05) is 25.6 Å². The minimum atomic E-state index is -0.158. The van der Waals surface area contributed by atoms with Crippen LogP contribution in [0.3, 0.4) is 0 Å². The Hall–Kier alpha value is -2.47. The van der Waals surface area contributed by atoms with Crippen molar-refractivity contribution in [1.29, 1.82) is 0 Å². The Morgan fingerprint density at radius 3 is 2.77 bits per heavy atom. The Bertz CT molecular complexity index is 587. The predicted molar refractivity (Wildman–Crippen MR) is 84.7 cm³/mol. The van der Waals surface area contributed by atoms with Gasteiger partial charge in [0.25, 0.3) is 5.91 Å². The molecule has 0 fully saturated rings. The fourth-order valence-electron chi connectivity index (χ4n) is 1.91. The fraction of sp³-hybridized carbons (Fsp3) is 0.312. The number of methoxy groups -OCH3 is 1. The highest BCUT2D eigenvalue weighted by Gasteiger charge is 2.08. The molecule has 6 nitrogen and oxygen atoms in total. The molecule has 0 aliphatic carbocycles. The maximum absolute atomic E-state index is 11.8. The van der Waals surface area contributed by atoms with Crippen LogP contribution in [0.4, 0.5) is 5.82 Å². The fourth-order valence-corrected chi connectivity index (χ4v) is 1.91. The van der Waals surface area contributed by atoms with E-state index in [0.29, 0.717) is 24.5 Å². The van der Waals surface area contributed by atoms with E-state index in [2.05, 4.69) is 20.6 Å². The Labute approximate surface area is 129 Å². The summed E-state index contributed by atoms with van der Waals surface area (Å²) in [7, 11) is 1.59. The first-order chi connectivity index (χ1) is 10.7. The van der Waals surface area contributed by atoms with E-state index in [1.54, 1.807) is 31.6 Å². The van der Waals surface area contributed by atoms with Gasteiger partial charge < -0.3 is 15.4 Å². The van der Waals surface area contributed by atoms with Crippen LogP contribution in [-0.2, 0) is 4.74 Å². The molecule has 116 valence electrons. The number of pyridine rings is 2. The second-order valence-corrected chi connectivity index (χ2v) is 4.80. The minimum absolute atomic E-state index is 0.0371. The van der Waals surface area contributed by atoms with E-state index in [0.717, 1.165) is 5.69 Å². The third-order valence-corrected chi connectivity index (χ3v) is 3.11. The van der Waals surface area contributed by atoms with Crippen molar-refractivity contribution in [3.8, 4) is 0 Å². The molecule has 2 N–H and O–H groups in total. The summed E-state index contributed by atoms with van der Waals surface area (Å²) >= 11 is 0. The average Bonchev–Trinajstić information content (AvgIpc) is 2.56. The van der Waals surface area contributed by atoms with Gasteiger partial charge in [-0.05, 0) is 31.2 Å². The molecule has 1 atom stereocenters. The maximum atomic E-state index is 11.8. The average molecular weight is 300 g/mol. The van der Waals surface area contributed by atoms with Crippen LogP contribution in [0.1, 0.15) is 29.0 Å². The Kier molecular flexibility index (Phi) is 5.85. The first-order valence-electron chi connectivity index (χ1n) is 7.11. The van der Waals surface area contributed by atoms with Crippen molar-refractivity contribution in [3.05, 3.63) is 54.0 Å². The second kappa shape index (κ2) is 8.09. The van der Waals surface area contributed by atoms with E-state index in [-0.39, 0.29) is 11.9 Å². The molecule has 1 amide bonds. The van der Waals surface area contributed by atoms with Crippen molar-refractivity contribution in [2.45, 2.75) is 13.0 Å². The molecule has 0 aliphatic rings. The van der Waals surface area contributed by atoms with Crippen LogP contribution in [0.25, 0.3) is 0 Å². The molecule has 2 rings (SSSR count). The largest absolute Gasteiger partial charge is 0.383 e. The highest BCUT2D eigenvalue weighted by atomic mass is 16.5. The summed E-state index contributed by atoms with van der Waals surface area (Å²) in [5.74, 6) is 0.542. The number of ether oxygens (including phenoxy) is 1. The molecule has 6 heteroatoms. The summed E-state index contributed by atoms with van der Waals surface area (Å²) in [6.45, 7) is 2.97. The van der Waals surface area contributed by atoms with E-state index >= 15 is 0 Å². The van der Waals surface area contributed by atoms with Gasteiger partial charge in [-0.3, -0.25) is 9.78 Å². The SMILES string of the molecule is COCCNC(=O)c1ccc(N[C@H](C)c2ccccn2)nc1. The highest BCUT2D eigenvalue weighted by molar-refractivity contribution is 5.94. The monoisotopic (exact) mass is 300 g/mol. The Balaban J connectivity index is 1.93. The van der Waals surface area contributed by atoms with Crippen LogP contribution in [0.2, 0.25) is 0 Å². The number of nitrogens with one attached hydrogen (secondary N) is 2. The molecule has 0 aromatic carbocycles. The third kappa shape index (κ3) is 4.53. The summed E-state index contributed by atoms with van der Waals surface area (Å²) < 4.78 is 4.89. The van der Waals surface area contributed by atoms with Crippen LogP contribution in [0.15, 0.2) is 42.7 Å². The lowest BCUT2D eigenvalue weighted by atomic mass is 10.2. The number of rotatable bonds is 7. The normalized spacial score (nSPS) is 11.7. The Morgan fingerprint density at radius 2 is 2.14 bits per heavy atom. The van der Waals surface area contributed by atoms with E-state index < -0.39 is 0 Å². The van der Waals surface area contributed by atoms with Gasteiger partial charge in [-0.15, -0.1) is 0 Å². The molecule has 2 heterocycles. The molecule has 0 spiro atoms. The van der Waals surface area contributed by atoms with E-state index in [1.807, 2.05) is 25.1 Å². The zero-order valence-corrected chi connectivity index (χ0v) is 12.7. The highest BCUT2D eigenvalue weighted by Crippen LogP contribution is 2.15. The van der Waals surface area contributed by atoms with Gasteiger partial charge in [-0.25, -0.2) is 4.98 Å². The summed E-state index contributed by atoms with van der Waals surface area (Å²) in [6, 6.07) is 9.34. The second-order valence-electron chi connectivity index (χ2n) is 4.80. The maximum Gasteiger partial charge on any atom is 0.252 e. The first kappa shape index (κ1) is 15.9. The van der Waals surface area contributed by atoms with Gasteiger partial charge in [-0.2, -0.15) is 0 Å². The van der Waals surface area contributed by atoms with Gasteiger partial charge in [0.15, 0.2) is 0 Å². The number of hydrogen-bond acceptors (Lipinski definition) is 5. The summed E-state index contributed by atoms with van der Waals surface area (Å²) in [5, 5.41) is 6.00. The standard InChI is InChI=1S/C16H20N4O2/c1-12(14-5-3-4-8-17-14)20-15-7-6-13(11-19-15)16(21)18-9-10-22-2/h3-8,11-12H,9-10H2,1-2H3,(H,18,21)(H,19,20)/t12-/m1/s1. The lowest BCUT2D eigenvalue weighted by molar-refractivity contribution is 0.0937. The van der Waals surface area contributed by atoms with Crippen molar-refractivity contribution >= 4 is 11.7 Å². The molecule has 22 heavy (non-hydrogen) atoms. The number of amides is 1. The molecular formula is C16H20N4O2. The summed E-state index contributed by atoms with van der Waals surface area (Å²) in [6.07, 6.45) is 3.31. The molecule has 0 unspecified atom stereocenters. The lowest BCUT2D eigenvalue weighted by Gasteiger charge is -2.14. The lowest BCUT2D eigenvalue weighted by Crippen LogP contribution is -2.27. The Morgan fingerprint density at radius 1 is 1.27 bits per heavy atom. The topological polar surface area (TPSA) is 76.1 Å². The molecule has 2 aromatic rings. The molecule has 0 bridgehead atoms. The molecule has 0 saturated heterocycles. The third-order valence-electron chi connectivity index (χ3n) is 3.11. The van der Waals surface area contributed by atoms with Gasteiger partial charge in [0.05, 0.1) is 23.9 Å². The number of carbonyl (C=O) groups excluding carboxylic acids is 1. The van der Waals surface area contributed by atoms with Crippen LogP contribution in [0.5, 0.6) is 0 Å². The minimum Gasteiger partial charge on any atom is -0.383 e.